The lowest BCUT2D eigenvalue weighted by molar-refractivity contribution is -0.138. The van der Waals surface area contributed by atoms with Gasteiger partial charge in [-0.05, 0) is 18.2 Å². The van der Waals surface area contributed by atoms with Gasteiger partial charge in [0.15, 0.2) is 0 Å². The average Bonchev–Trinajstić information content (AvgIpc) is 2.26. The molecule has 1 aromatic rings. The summed E-state index contributed by atoms with van der Waals surface area (Å²) in [6.45, 7) is 8.21. The number of hydrogen-bond acceptors (Lipinski definition) is 1. The van der Waals surface area contributed by atoms with Crippen molar-refractivity contribution >= 4 is 0 Å². The van der Waals surface area contributed by atoms with Gasteiger partial charge in [0.2, 0.25) is 6.04 Å². The zero-order chi connectivity index (χ0) is 12.3. The van der Waals surface area contributed by atoms with Crippen LogP contribution in [0.4, 0.5) is 13.2 Å². The average molecular weight is 229 g/mol. The van der Waals surface area contributed by atoms with E-state index in [2.05, 4.69) is 4.85 Å². The second-order valence-electron chi connectivity index (χ2n) is 3.26. The number of rotatable bonds is 2. The molecule has 5 heteroatoms. The Balaban J connectivity index is 3.34. The Morgan fingerprint density at radius 3 is 2.44 bits per heavy atom. The van der Waals surface area contributed by atoms with Crippen molar-refractivity contribution in [3.05, 3.63) is 40.7 Å². The van der Waals surface area contributed by atoms with Crippen LogP contribution in [-0.4, -0.2) is 7.11 Å². The predicted octanol–water partition coefficient (Wildman–Crippen LogP) is 3.69. The number of nitrogens with zero attached hydrogens (tertiary/aromatic N) is 1. The van der Waals surface area contributed by atoms with Crippen LogP contribution in [0.25, 0.3) is 4.85 Å². The first-order valence-corrected chi connectivity index (χ1v) is 4.52. The number of ether oxygens (including phenoxy) is 1. The van der Waals surface area contributed by atoms with Gasteiger partial charge in [-0.15, -0.1) is 0 Å². The fourth-order valence-corrected chi connectivity index (χ4v) is 1.34. The summed E-state index contributed by atoms with van der Waals surface area (Å²) in [6, 6.07) is 2.80. The zero-order valence-corrected chi connectivity index (χ0v) is 8.80. The molecule has 0 fully saturated rings. The maximum atomic E-state index is 12.7. The minimum Gasteiger partial charge on any atom is -0.497 e. The molecular weight excluding hydrogens is 219 g/mol. The van der Waals surface area contributed by atoms with E-state index in [1.807, 2.05) is 0 Å². The minimum absolute atomic E-state index is 0.0247. The number of methoxy groups -OCH3 is 1. The molecule has 1 unspecified atom stereocenters. The van der Waals surface area contributed by atoms with Gasteiger partial charge in [-0.3, -0.25) is 0 Å². The molecule has 0 saturated heterocycles. The van der Waals surface area contributed by atoms with Crippen LogP contribution in [0.5, 0.6) is 5.75 Å². The predicted molar refractivity (Wildman–Crippen MR) is 53.0 cm³/mol. The third-order valence-corrected chi connectivity index (χ3v) is 2.21. The van der Waals surface area contributed by atoms with Crippen molar-refractivity contribution in [1.82, 2.24) is 0 Å². The molecule has 16 heavy (non-hydrogen) atoms. The maximum absolute atomic E-state index is 12.7. The number of benzene rings is 1. The van der Waals surface area contributed by atoms with Gasteiger partial charge in [0.05, 0.1) is 12.7 Å². The molecule has 0 aliphatic heterocycles. The molecule has 0 spiro atoms. The monoisotopic (exact) mass is 229 g/mol. The van der Waals surface area contributed by atoms with E-state index in [1.165, 1.54) is 26.2 Å². The van der Waals surface area contributed by atoms with E-state index in [9.17, 15) is 13.2 Å². The summed E-state index contributed by atoms with van der Waals surface area (Å²) in [7, 11) is 1.30. The smallest absolute Gasteiger partial charge is 0.417 e. The van der Waals surface area contributed by atoms with Crippen LogP contribution < -0.4 is 4.74 Å². The molecule has 0 aromatic heterocycles. The van der Waals surface area contributed by atoms with Crippen LogP contribution in [0.15, 0.2) is 18.2 Å². The van der Waals surface area contributed by atoms with Crippen LogP contribution >= 0.6 is 0 Å². The lowest BCUT2D eigenvalue weighted by Crippen LogP contribution is -2.10. The van der Waals surface area contributed by atoms with E-state index in [1.54, 1.807) is 0 Å². The lowest BCUT2D eigenvalue weighted by atomic mass is 10.0. The highest BCUT2D eigenvalue weighted by molar-refractivity contribution is 5.40. The molecule has 0 amide bonds. The molecular formula is C11H10F3NO. The standard InChI is InChI=1S/C11H10F3NO/c1-7(15-2)9-5-4-8(16-3)6-10(9)11(12,13)14/h4-7H,1,3H3. The summed E-state index contributed by atoms with van der Waals surface area (Å²) < 4.78 is 42.8. The first-order chi connectivity index (χ1) is 7.40. The molecule has 0 aliphatic rings. The van der Waals surface area contributed by atoms with Gasteiger partial charge in [0, 0.05) is 12.5 Å². The van der Waals surface area contributed by atoms with Crippen molar-refractivity contribution in [3.8, 4) is 5.75 Å². The fourth-order valence-electron chi connectivity index (χ4n) is 1.34. The highest BCUT2D eigenvalue weighted by atomic mass is 19.4. The molecule has 1 atom stereocenters. The Bertz CT molecular complexity index is 420. The fraction of sp³-hybridized carbons (Fsp3) is 0.364. The van der Waals surface area contributed by atoms with Crippen LogP contribution in [0, 0.1) is 6.57 Å². The molecule has 1 rings (SSSR count). The molecule has 2 nitrogen and oxygen atoms in total. The van der Waals surface area contributed by atoms with Crippen LogP contribution in [-0.2, 0) is 6.18 Å². The minimum atomic E-state index is -4.47. The van der Waals surface area contributed by atoms with Crippen molar-refractivity contribution in [2.45, 2.75) is 19.1 Å². The van der Waals surface area contributed by atoms with E-state index >= 15 is 0 Å². The first kappa shape index (κ1) is 12.4. The number of halogens is 3. The molecule has 0 saturated carbocycles. The zero-order valence-electron chi connectivity index (χ0n) is 8.80. The second kappa shape index (κ2) is 4.44. The van der Waals surface area contributed by atoms with Crippen molar-refractivity contribution in [2.75, 3.05) is 7.11 Å². The lowest BCUT2D eigenvalue weighted by Gasteiger charge is -2.13. The van der Waals surface area contributed by atoms with Gasteiger partial charge < -0.3 is 9.58 Å². The molecule has 0 heterocycles. The normalized spacial score (nSPS) is 13.0. The van der Waals surface area contributed by atoms with E-state index in [-0.39, 0.29) is 11.3 Å². The Labute approximate surface area is 91.5 Å². The Morgan fingerprint density at radius 2 is 2.00 bits per heavy atom. The Morgan fingerprint density at radius 1 is 1.38 bits per heavy atom. The van der Waals surface area contributed by atoms with Crippen molar-refractivity contribution in [2.24, 2.45) is 0 Å². The molecule has 0 bridgehead atoms. The summed E-state index contributed by atoms with van der Waals surface area (Å²) in [5.41, 5.74) is -0.835. The van der Waals surface area contributed by atoms with Gasteiger partial charge in [0.25, 0.3) is 0 Å². The summed E-state index contributed by atoms with van der Waals surface area (Å²) in [4.78, 5) is 3.10. The van der Waals surface area contributed by atoms with Crippen LogP contribution in [0.2, 0.25) is 0 Å². The molecule has 86 valence electrons. The van der Waals surface area contributed by atoms with E-state index in [0.717, 1.165) is 6.07 Å². The van der Waals surface area contributed by atoms with Gasteiger partial charge in [-0.2, -0.15) is 13.2 Å². The summed E-state index contributed by atoms with van der Waals surface area (Å²) >= 11 is 0. The summed E-state index contributed by atoms with van der Waals surface area (Å²) in [5.74, 6) is 0.133. The van der Waals surface area contributed by atoms with E-state index in [0.29, 0.717) is 0 Å². The van der Waals surface area contributed by atoms with Gasteiger partial charge >= 0.3 is 6.18 Å². The van der Waals surface area contributed by atoms with Gasteiger partial charge in [-0.1, -0.05) is 0 Å². The van der Waals surface area contributed by atoms with Crippen LogP contribution in [0.1, 0.15) is 24.1 Å². The molecule has 0 aliphatic carbocycles. The quantitative estimate of drug-likeness (QED) is 0.705. The number of hydrogen-bond donors (Lipinski definition) is 0. The Kier molecular flexibility index (Phi) is 3.43. The first-order valence-electron chi connectivity index (χ1n) is 4.52. The third-order valence-electron chi connectivity index (χ3n) is 2.21. The largest absolute Gasteiger partial charge is 0.497 e. The van der Waals surface area contributed by atoms with Crippen molar-refractivity contribution in [3.63, 3.8) is 0 Å². The van der Waals surface area contributed by atoms with Gasteiger partial charge in [0.1, 0.15) is 5.75 Å². The number of alkyl halides is 3. The third kappa shape index (κ3) is 2.45. The van der Waals surface area contributed by atoms with E-state index < -0.39 is 17.8 Å². The Hall–Kier alpha value is -1.70. The SMILES string of the molecule is [C-]#[N+]C(C)c1ccc(OC)cc1C(F)(F)F. The molecule has 1 aromatic carbocycles. The highest BCUT2D eigenvalue weighted by Gasteiger charge is 2.36. The second-order valence-corrected chi connectivity index (χ2v) is 3.26. The maximum Gasteiger partial charge on any atom is 0.417 e. The van der Waals surface area contributed by atoms with Crippen molar-refractivity contribution < 1.29 is 17.9 Å². The van der Waals surface area contributed by atoms with Crippen molar-refractivity contribution in [1.29, 1.82) is 0 Å². The topological polar surface area (TPSA) is 13.6 Å². The summed E-state index contributed by atoms with van der Waals surface area (Å²) in [5, 5.41) is 0. The molecule has 0 radical (unpaired) electrons. The van der Waals surface area contributed by atoms with Crippen LogP contribution in [0.3, 0.4) is 0 Å². The molecule has 0 N–H and O–H groups in total. The van der Waals surface area contributed by atoms with Gasteiger partial charge in [-0.25, -0.2) is 6.57 Å². The van der Waals surface area contributed by atoms with E-state index in [4.69, 9.17) is 11.3 Å². The summed E-state index contributed by atoms with van der Waals surface area (Å²) in [6.07, 6.45) is -4.47. The highest BCUT2D eigenvalue weighted by Crippen LogP contribution is 2.37.